The monoisotopic (exact) mass is 254 g/mol. The fourth-order valence-corrected chi connectivity index (χ4v) is 1.99. The Kier molecular flexibility index (Phi) is 3.06. The van der Waals surface area contributed by atoms with Crippen LogP contribution in [0.4, 0.5) is 5.69 Å². The van der Waals surface area contributed by atoms with Gasteiger partial charge in [-0.25, -0.2) is 0 Å². The lowest BCUT2D eigenvalue weighted by atomic mass is 10.2. The quantitative estimate of drug-likeness (QED) is 0.774. The predicted octanol–water partition coefficient (Wildman–Crippen LogP) is 3.45. The zero-order valence-electron chi connectivity index (χ0n) is 10.6. The number of hydrogen-bond acceptors (Lipinski definition) is 4. The molecule has 2 aromatic heterocycles. The van der Waals surface area contributed by atoms with Crippen LogP contribution in [0.1, 0.15) is 5.76 Å². The van der Waals surface area contributed by atoms with Gasteiger partial charge in [-0.2, -0.15) is 0 Å². The highest BCUT2D eigenvalue weighted by Crippen LogP contribution is 2.28. The lowest BCUT2D eigenvalue weighted by Crippen LogP contribution is -1.97. The number of anilines is 1. The minimum Gasteiger partial charge on any atom is -0.493 e. The summed E-state index contributed by atoms with van der Waals surface area (Å²) < 4.78 is 11.1. The van der Waals surface area contributed by atoms with E-state index in [1.165, 1.54) is 0 Å². The summed E-state index contributed by atoms with van der Waals surface area (Å²) in [4.78, 5) is 4.05. The average molecular weight is 254 g/mol. The van der Waals surface area contributed by atoms with Crippen molar-refractivity contribution in [3.8, 4) is 5.75 Å². The fourth-order valence-electron chi connectivity index (χ4n) is 1.99. The lowest BCUT2D eigenvalue weighted by molar-refractivity contribution is 0.408. The molecule has 19 heavy (non-hydrogen) atoms. The summed E-state index contributed by atoms with van der Waals surface area (Å²) in [6, 6.07) is 11.7. The van der Waals surface area contributed by atoms with Gasteiger partial charge in [-0.05, 0) is 24.3 Å². The SMILES string of the molecule is COc1cccc2cc(CNc3cccnc3)oc12. The molecule has 4 nitrogen and oxygen atoms in total. The third-order valence-corrected chi connectivity index (χ3v) is 2.91. The smallest absolute Gasteiger partial charge is 0.176 e. The summed E-state index contributed by atoms with van der Waals surface area (Å²) in [5.74, 6) is 1.62. The van der Waals surface area contributed by atoms with Gasteiger partial charge in [0, 0.05) is 17.8 Å². The van der Waals surface area contributed by atoms with E-state index >= 15 is 0 Å². The highest BCUT2D eigenvalue weighted by atomic mass is 16.5. The Balaban J connectivity index is 1.82. The van der Waals surface area contributed by atoms with Crippen LogP contribution in [0.25, 0.3) is 11.0 Å². The van der Waals surface area contributed by atoms with E-state index < -0.39 is 0 Å². The van der Waals surface area contributed by atoms with Crippen LogP contribution in [0.3, 0.4) is 0 Å². The third-order valence-electron chi connectivity index (χ3n) is 2.91. The Bertz CT molecular complexity index is 677. The van der Waals surface area contributed by atoms with E-state index in [-0.39, 0.29) is 0 Å². The summed E-state index contributed by atoms with van der Waals surface area (Å²) >= 11 is 0. The van der Waals surface area contributed by atoms with Crippen LogP contribution in [0.15, 0.2) is 53.2 Å². The number of furan rings is 1. The molecule has 0 spiro atoms. The lowest BCUT2D eigenvalue weighted by Gasteiger charge is -2.02. The second-order valence-electron chi connectivity index (χ2n) is 4.19. The largest absolute Gasteiger partial charge is 0.493 e. The molecule has 3 aromatic rings. The molecule has 2 heterocycles. The molecule has 0 unspecified atom stereocenters. The number of nitrogens with one attached hydrogen (secondary N) is 1. The molecule has 0 saturated carbocycles. The summed E-state index contributed by atoms with van der Waals surface area (Å²) in [6.45, 7) is 0.615. The van der Waals surface area contributed by atoms with Crippen molar-refractivity contribution in [1.29, 1.82) is 0 Å². The van der Waals surface area contributed by atoms with Gasteiger partial charge < -0.3 is 14.5 Å². The summed E-state index contributed by atoms with van der Waals surface area (Å²) in [6.07, 6.45) is 3.53. The van der Waals surface area contributed by atoms with Crippen LogP contribution in [-0.4, -0.2) is 12.1 Å². The molecule has 1 aromatic carbocycles. The molecular weight excluding hydrogens is 240 g/mol. The molecule has 0 fully saturated rings. The number of fused-ring (bicyclic) bond motifs is 1. The number of nitrogens with zero attached hydrogens (tertiary/aromatic N) is 1. The Labute approximate surface area is 111 Å². The highest BCUT2D eigenvalue weighted by molar-refractivity contribution is 5.83. The van der Waals surface area contributed by atoms with Crippen LogP contribution in [0.2, 0.25) is 0 Å². The molecule has 0 aliphatic heterocycles. The van der Waals surface area contributed by atoms with Crippen LogP contribution in [0.5, 0.6) is 5.75 Å². The Morgan fingerprint density at radius 2 is 2.21 bits per heavy atom. The van der Waals surface area contributed by atoms with E-state index in [1.807, 2.05) is 36.4 Å². The molecule has 0 amide bonds. The van der Waals surface area contributed by atoms with Crippen molar-refractivity contribution >= 4 is 16.7 Å². The molecule has 1 N–H and O–H groups in total. The molecule has 0 aliphatic rings. The highest BCUT2D eigenvalue weighted by Gasteiger charge is 2.08. The number of pyridine rings is 1. The van der Waals surface area contributed by atoms with E-state index in [4.69, 9.17) is 9.15 Å². The van der Waals surface area contributed by atoms with Crippen molar-refractivity contribution in [3.05, 3.63) is 54.6 Å². The van der Waals surface area contributed by atoms with Gasteiger partial charge in [-0.1, -0.05) is 12.1 Å². The molecule has 3 rings (SSSR count). The van der Waals surface area contributed by atoms with E-state index in [0.717, 1.165) is 28.2 Å². The molecule has 0 saturated heterocycles. The summed E-state index contributed by atoms with van der Waals surface area (Å²) in [5, 5.41) is 4.31. The van der Waals surface area contributed by atoms with Gasteiger partial charge in [-0.15, -0.1) is 0 Å². The van der Waals surface area contributed by atoms with Crippen molar-refractivity contribution in [2.24, 2.45) is 0 Å². The maximum absolute atomic E-state index is 5.80. The van der Waals surface area contributed by atoms with Gasteiger partial charge in [0.05, 0.1) is 19.3 Å². The molecule has 96 valence electrons. The number of aromatic nitrogens is 1. The van der Waals surface area contributed by atoms with Gasteiger partial charge in [0.25, 0.3) is 0 Å². The van der Waals surface area contributed by atoms with E-state index in [2.05, 4.69) is 10.3 Å². The summed E-state index contributed by atoms with van der Waals surface area (Å²) in [7, 11) is 1.64. The number of hydrogen-bond donors (Lipinski definition) is 1. The van der Waals surface area contributed by atoms with Crippen LogP contribution in [-0.2, 0) is 6.54 Å². The van der Waals surface area contributed by atoms with Gasteiger partial charge in [0.2, 0.25) is 0 Å². The molecule has 0 atom stereocenters. The molecule has 0 aliphatic carbocycles. The first-order valence-electron chi connectivity index (χ1n) is 6.06. The molecule has 4 heteroatoms. The Hall–Kier alpha value is -2.49. The maximum atomic E-state index is 5.80. The van der Waals surface area contributed by atoms with Crippen LogP contribution in [0, 0.1) is 0 Å². The number of ether oxygens (including phenoxy) is 1. The van der Waals surface area contributed by atoms with Gasteiger partial charge in [0.1, 0.15) is 5.76 Å². The van der Waals surface area contributed by atoms with E-state index in [1.54, 1.807) is 19.5 Å². The Morgan fingerprint density at radius 1 is 1.26 bits per heavy atom. The van der Waals surface area contributed by atoms with E-state index in [9.17, 15) is 0 Å². The topological polar surface area (TPSA) is 47.3 Å². The summed E-state index contributed by atoms with van der Waals surface area (Å²) in [5.41, 5.74) is 1.75. The van der Waals surface area contributed by atoms with Gasteiger partial charge in [-0.3, -0.25) is 4.98 Å². The van der Waals surface area contributed by atoms with Gasteiger partial charge >= 0.3 is 0 Å². The first kappa shape index (κ1) is 11.6. The van der Waals surface area contributed by atoms with Crippen molar-refractivity contribution in [2.75, 3.05) is 12.4 Å². The van der Waals surface area contributed by atoms with Crippen molar-refractivity contribution in [1.82, 2.24) is 4.98 Å². The van der Waals surface area contributed by atoms with Gasteiger partial charge in [0.15, 0.2) is 11.3 Å². The second kappa shape index (κ2) is 5.02. The number of para-hydroxylation sites is 1. The maximum Gasteiger partial charge on any atom is 0.176 e. The van der Waals surface area contributed by atoms with Crippen LogP contribution >= 0.6 is 0 Å². The van der Waals surface area contributed by atoms with Crippen LogP contribution < -0.4 is 10.1 Å². The second-order valence-corrected chi connectivity index (χ2v) is 4.19. The standard InChI is InChI=1S/C15H14N2O2/c1-18-14-6-2-4-11-8-13(19-15(11)14)10-17-12-5-3-7-16-9-12/h2-9,17H,10H2,1H3. The molecule has 0 radical (unpaired) electrons. The average Bonchev–Trinajstić information content (AvgIpc) is 2.89. The minimum atomic E-state index is 0.615. The predicted molar refractivity (Wildman–Crippen MR) is 74.3 cm³/mol. The fraction of sp³-hybridized carbons (Fsp3) is 0.133. The number of rotatable bonds is 4. The number of methoxy groups -OCH3 is 1. The molecular formula is C15H14N2O2. The van der Waals surface area contributed by atoms with Crippen molar-refractivity contribution < 1.29 is 9.15 Å². The first-order chi connectivity index (χ1) is 9.36. The molecule has 0 bridgehead atoms. The van der Waals surface area contributed by atoms with Crippen molar-refractivity contribution in [3.63, 3.8) is 0 Å². The Morgan fingerprint density at radius 3 is 3.00 bits per heavy atom. The zero-order chi connectivity index (χ0) is 13.1. The van der Waals surface area contributed by atoms with Crippen molar-refractivity contribution in [2.45, 2.75) is 6.54 Å². The van der Waals surface area contributed by atoms with E-state index in [0.29, 0.717) is 6.54 Å². The zero-order valence-corrected chi connectivity index (χ0v) is 10.6. The normalized spacial score (nSPS) is 10.6. The minimum absolute atomic E-state index is 0.615. The number of benzene rings is 1. The first-order valence-corrected chi connectivity index (χ1v) is 6.06. The third kappa shape index (κ3) is 2.38.